The van der Waals surface area contributed by atoms with Crippen molar-refractivity contribution < 1.29 is 0 Å². The van der Waals surface area contributed by atoms with E-state index in [1.807, 2.05) is 4.68 Å². The zero-order valence-corrected chi connectivity index (χ0v) is 23.0. The molecule has 0 spiro atoms. The van der Waals surface area contributed by atoms with E-state index in [2.05, 4.69) is 138 Å². The summed E-state index contributed by atoms with van der Waals surface area (Å²) in [4.78, 5) is 5.06. The molecule has 3 aromatic carbocycles. The van der Waals surface area contributed by atoms with Crippen LogP contribution in [-0.4, -0.2) is 62.7 Å². The van der Waals surface area contributed by atoms with E-state index in [9.17, 15) is 0 Å². The van der Waals surface area contributed by atoms with E-state index in [1.165, 1.54) is 27.8 Å². The summed E-state index contributed by atoms with van der Waals surface area (Å²) in [5.41, 5.74) is 7.23. The first-order chi connectivity index (χ1) is 18.5. The van der Waals surface area contributed by atoms with Gasteiger partial charge in [0.1, 0.15) is 0 Å². The van der Waals surface area contributed by atoms with Gasteiger partial charge in [-0.1, -0.05) is 98.8 Å². The number of aryl methyl sites for hydroxylation is 2. The maximum Gasteiger partial charge on any atom is 0.178 e. The predicted molar refractivity (Wildman–Crippen MR) is 154 cm³/mol. The van der Waals surface area contributed by atoms with Crippen LogP contribution in [0.1, 0.15) is 59.4 Å². The second-order valence-corrected chi connectivity index (χ2v) is 10.6. The Bertz CT molecular complexity index is 1330. The van der Waals surface area contributed by atoms with Gasteiger partial charge in [-0.15, -0.1) is 5.10 Å². The lowest BCUT2D eigenvalue weighted by atomic mass is 9.97. The Morgan fingerprint density at radius 2 is 1.45 bits per heavy atom. The lowest BCUT2D eigenvalue weighted by Crippen LogP contribution is -2.48. The van der Waals surface area contributed by atoms with Crippen molar-refractivity contribution >= 4 is 6.08 Å². The Labute approximate surface area is 226 Å². The molecule has 0 N–H and O–H groups in total. The Morgan fingerprint density at radius 1 is 0.789 bits per heavy atom. The monoisotopic (exact) mass is 506 g/mol. The van der Waals surface area contributed by atoms with Crippen molar-refractivity contribution in [2.24, 2.45) is 0 Å². The highest BCUT2D eigenvalue weighted by molar-refractivity contribution is 5.49. The molecule has 0 bridgehead atoms. The Balaban J connectivity index is 1.40. The van der Waals surface area contributed by atoms with Crippen molar-refractivity contribution in [2.45, 2.75) is 39.7 Å². The second-order valence-electron chi connectivity index (χ2n) is 10.6. The number of tetrazole rings is 1. The molecule has 1 fully saturated rings. The summed E-state index contributed by atoms with van der Waals surface area (Å²) >= 11 is 0. The largest absolute Gasteiger partial charge is 0.297 e. The van der Waals surface area contributed by atoms with E-state index < -0.39 is 0 Å². The van der Waals surface area contributed by atoms with Crippen LogP contribution in [0.2, 0.25) is 0 Å². The third-order valence-electron chi connectivity index (χ3n) is 7.55. The van der Waals surface area contributed by atoms with Crippen LogP contribution in [0.4, 0.5) is 0 Å². The Hall–Kier alpha value is -3.61. The standard InChI is InChI=1S/C32H38N6/c1-24(2)28-15-17-29(18-16-28)31(32-33-34-35-38(32)30-25(3)10-8-11-26(30)4)37-22-20-36(21-23-37)19-9-14-27-12-6-5-7-13-27/h5-18,24,31H,19-23H2,1-4H3/b14-9+/t31-/m1/s1. The van der Waals surface area contributed by atoms with E-state index in [4.69, 9.17) is 0 Å². The van der Waals surface area contributed by atoms with Gasteiger partial charge in [0.2, 0.25) is 0 Å². The van der Waals surface area contributed by atoms with Crippen LogP contribution >= 0.6 is 0 Å². The zero-order valence-electron chi connectivity index (χ0n) is 23.0. The van der Waals surface area contributed by atoms with Crippen molar-refractivity contribution in [3.05, 3.63) is 113 Å². The van der Waals surface area contributed by atoms with Crippen LogP contribution in [-0.2, 0) is 0 Å². The summed E-state index contributed by atoms with van der Waals surface area (Å²) in [5.74, 6) is 1.37. The summed E-state index contributed by atoms with van der Waals surface area (Å²) < 4.78 is 1.96. The van der Waals surface area contributed by atoms with E-state index in [0.717, 1.165) is 44.2 Å². The minimum atomic E-state index is -0.0211. The summed E-state index contributed by atoms with van der Waals surface area (Å²) in [6.07, 6.45) is 4.48. The van der Waals surface area contributed by atoms with Crippen LogP contribution in [0.5, 0.6) is 0 Å². The molecule has 1 aromatic heterocycles. The van der Waals surface area contributed by atoms with Crippen LogP contribution in [0, 0.1) is 13.8 Å². The smallest absolute Gasteiger partial charge is 0.178 e. The molecular weight excluding hydrogens is 468 g/mol. The molecule has 2 heterocycles. The van der Waals surface area contributed by atoms with Crippen LogP contribution in [0.3, 0.4) is 0 Å². The quantitative estimate of drug-likeness (QED) is 0.301. The molecule has 1 aliphatic rings. The van der Waals surface area contributed by atoms with Crippen molar-refractivity contribution in [1.29, 1.82) is 0 Å². The molecule has 0 unspecified atom stereocenters. The SMILES string of the molecule is Cc1cccc(C)c1-n1nnnc1[C@@H](c1ccc(C(C)C)cc1)N1CCN(C/C=C/c2ccccc2)CC1. The van der Waals surface area contributed by atoms with Crippen LogP contribution < -0.4 is 0 Å². The second kappa shape index (κ2) is 11.8. The van der Waals surface area contributed by atoms with Gasteiger partial charge in [-0.2, -0.15) is 4.68 Å². The fourth-order valence-electron chi connectivity index (χ4n) is 5.36. The molecule has 1 atom stereocenters. The molecule has 38 heavy (non-hydrogen) atoms. The maximum absolute atomic E-state index is 4.62. The molecule has 0 aliphatic carbocycles. The number of hydrogen-bond acceptors (Lipinski definition) is 5. The summed E-state index contributed by atoms with van der Waals surface area (Å²) in [6.45, 7) is 13.6. The average Bonchev–Trinajstić information content (AvgIpc) is 3.39. The van der Waals surface area contributed by atoms with Gasteiger partial charge in [-0.25, -0.2) is 0 Å². The highest BCUT2D eigenvalue weighted by Crippen LogP contribution is 2.31. The van der Waals surface area contributed by atoms with Crippen LogP contribution in [0.15, 0.2) is 78.9 Å². The van der Waals surface area contributed by atoms with Gasteiger partial charge in [0.05, 0.1) is 11.7 Å². The van der Waals surface area contributed by atoms with Crippen molar-refractivity contribution in [3.8, 4) is 5.69 Å². The molecule has 0 saturated carbocycles. The zero-order chi connectivity index (χ0) is 26.5. The normalized spacial score (nSPS) is 15.9. The molecule has 4 aromatic rings. The van der Waals surface area contributed by atoms with Gasteiger partial charge in [0.25, 0.3) is 0 Å². The molecule has 6 nitrogen and oxygen atoms in total. The maximum atomic E-state index is 4.62. The van der Waals surface area contributed by atoms with Gasteiger partial charge in [-0.05, 0) is 58.0 Å². The number of benzene rings is 3. The van der Waals surface area contributed by atoms with E-state index in [-0.39, 0.29) is 6.04 Å². The summed E-state index contributed by atoms with van der Waals surface area (Å²) in [7, 11) is 0. The highest BCUT2D eigenvalue weighted by Gasteiger charge is 2.31. The van der Waals surface area contributed by atoms with Gasteiger partial charge in [0, 0.05) is 32.7 Å². The fourth-order valence-corrected chi connectivity index (χ4v) is 5.36. The number of piperazine rings is 1. The first-order valence-electron chi connectivity index (χ1n) is 13.6. The molecule has 1 aliphatic heterocycles. The third-order valence-corrected chi connectivity index (χ3v) is 7.55. The number of aromatic nitrogens is 4. The minimum Gasteiger partial charge on any atom is -0.297 e. The van der Waals surface area contributed by atoms with Gasteiger partial charge in [-0.3, -0.25) is 9.80 Å². The van der Waals surface area contributed by atoms with Gasteiger partial charge in [0.15, 0.2) is 5.82 Å². The van der Waals surface area contributed by atoms with Crippen molar-refractivity contribution in [2.75, 3.05) is 32.7 Å². The molecule has 0 amide bonds. The average molecular weight is 507 g/mol. The molecule has 1 saturated heterocycles. The topological polar surface area (TPSA) is 50.1 Å². The Morgan fingerprint density at radius 3 is 2.11 bits per heavy atom. The first kappa shape index (κ1) is 26.0. The molecular formula is C32H38N6. The van der Waals surface area contributed by atoms with Crippen molar-refractivity contribution in [3.63, 3.8) is 0 Å². The molecule has 196 valence electrons. The minimum absolute atomic E-state index is 0.0211. The van der Waals surface area contributed by atoms with Crippen LogP contribution in [0.25, 0.3) is 11.8 Å². The van der Waals surface area contributed by atoms with Gasteiger partial charge < -0.3 is 0 Å². The molecule has 5 rings (SSSR count). The molecule has 0 radical (unpaired) electrons. The molecule has 6 heteroatoms. The summed E-state index contributed by atoms with van der Waals surface area (Å²) in [6, 6.07) is 25.9. The fraction of sp³-hybridized carbons (Fsp3) is 0.344. The van der Waals surface area contributed by atoms with E-state index in [1.54, 1.807) is 0 Å². The highest BCUT2D eigenvalue weighted by atomic mass is 15.6. The predicted octanol–water partition coefficient (Wildman–Crippen LogP) is 5.82. The lowest BCUT2D eigenvalue weighted by molar-refractivity contribution is 0.113. The lowest BCUT2D eigenvalue weighted by Gasteiger charge is -2.38. The number of para-hydroxylation sites is 1. The third kappa shape index (κ3) is 5.77. The first-order valence-corrected chi connectivity index (χ1v) is 13.6. The number of hydrogen-bond donors (Lipinski definition) is 0. The number of nitrogens with zero attached hydrogens (tertiary/aromatic N) is 6. The summed E-state index contributed by atoms with van der Waals surface area (Å²) in [5, 5.41) is 13.3. The number of rotatable bonds is 8. The van der Waals surface area contributed by atoms with Crippen molar-refractivity contribution in [1.82, 2.24) is 30.0 Å². The Kier molecular flexibility index (Phi) is 8.11. The van der Waals surface area contributed by atoms with E-state index >= 15 is 0 Å². The van der Waals surface area contributed by atoms with E-state index in [0.29, 0.717) is 5.92 Å². The van der Waals surface area contributed by atoms with Gasteiger partial charge >= 0.3 is 0 Å².